The summed E-state index contributed by atoms with van der Waals surface area (Å²) in [7, 11) is 0. The number of ketones is 1. The number of anilines is 1. The first-order valence-electron chi connectivity index (χ1n) is 7.91. The van der Waals surface area contributed by atoms with Gasteiger partial charge in [0.15, 0.2) is 5.78 Å². The van der Waals surface area contributed by atoms with Gasteiger partial charge in [0, 0.05) is 24.9 Å². The van der Waals surface area contributed by atoms with Gasteiger partial charge in [0.05, 0.1) is 24.6 Å². The van der Waals surface area contributed by atoms with Crippen molar-refractivity contribution in [3.05, 3.63) is 59.4 Å². The molecule has 1 saturated heterocycles. The molecule has 1 aliphatic heterocycles. The van der Waals surface area contributed by atoms with Gasteiger partial charge in [-0.25, -0.2) is 4.39 Å². The molecule has 0 saturated carbocycles. The van der Waals surface area contributed by atoms with Gasteiger partial charge in [0.2, 0.25) is 0 Å². The first-order valence-corrected chi connectivity index (χ1v) is 7.91. The summed E-state index contributed by atoms with van der Waals surface area (Å²) in [4.78, 5) is 17.6. The molecule has 5 heteroatoms. The number of rotatable bonds is 4. The lowest BCUT2D eigenvalue weighted by atomic mass is 10.1. The highest BCUT2D eigenvalue weighted by molar-refractivity contribution is 5.94. The number of hydrogen-bond donors (Lipinski definition) is 0. The fourth-order valence-corrected chi connectivity index (χ4v) is 2.60. The minimum atomic E-state index is -0.257. The molecule has 2 aromatic rings. The summed E-state index contributed by atoms with van der Waals surface area (Å²) in [5.41, 5.74) is 2.66. The average molecular weight is 326 g/mol. The Kier molecular flexibility index (Phi) is 5.01. The predicted molar refractivity (Wildman–Crippen MR) is 93.1 cm³/mol. The number of nitrogens with zero attached hydrogens (tertiary/aromatic N) is 2. The first-order chi connectivity index (χ1) is 11.6. The summed E-state index contributed by atoms with van der Waals surface area (Å²) in [6.45, 7) is 4.18. The molecule has 0 spiro atoms. The van der Waals surface area contributed by atoms with Crippen LogP contribution in [0.4, 0.5) is 15.8 Å². The zero-order valence-corrected chi connectivity index (χ0v) is 13.5. The predicted octanol–water partition coefficient (Wildman–Crippen LogP) is 3.62. The lowest BCUT2D eigenvalue weighted by molar-refractivity contribution is 0.101. The molecule has 1 heterocycles. The average Bonchev–Trinajstić information content (AvgIpc) is 2.61. The highest BCUT2D eigenvalue weighted by Crippen LogP contribution is 2.21. The van der Waals surface area contributed by atoms with Crippen molar-refractivity contribution in [3.8, 4) is 0 Å². The number of carbonyl (C=O) groups is 1. The van der Waals surface area contributed by atoms with E-state index in [-0.39, 0.29) is 11.6 Å². The second-order valence-electron chi connectivity index (χ2n) is 5.67. The second kappa shape index (κ2) is 7.36. The van der Waals surface area contributed by atoms with E-state index in [1.165, 1.54) is 13.0 Å². The van der Waals surface area contributed by atoms with Gasteiger partial charge in [-0.1, -0.05) is 6.07 Å². The summed E-state index contributed by atoms with van der Waals surface area (Å²) in [5.74, 6) is -0.237. The van der Waals surface area contributed by atoms with Crippen LogP contribution in [-0.2, 0) is 4.74 Å². The molecule has 2 aromatic carbocycles. The fourth-order valence-electron chi connectivity index (χ4n) is 2.60. The highest BCUT2D eigenvalue weighted by Gasteiger charge is 2.14. The van der Waals surface area contributed by atoms with E-state index in [4.69, 9.17) is 4.74 Å². The Morgan fingerprint density at radius 2 is 1.88 bits per heavy atom. The molecular weight excluding hydrogens is 307 g/mol. The minimum absolute atomic E-state index is 0.0197. The molecule has 0 atom stereocenters. The molecule has 1 aliphatic rings. The van der Waals surface area contributed by atoms with Gasteiger partial charge in [-0.2, -0.15) is 0 Å². The standard InChI is InChI=1S/C19H19FN2O2/c1-14(23)16-3-5-17(6-4-16)21-13-15-2-7-19(18(20)12-15)22-8-10-24-11-9-22/h2-7,12-13H,8-11H2,1H3. The molecule has 0 N–H and O–H groups in total. The summed E-state index contributed by atoms with van der Waals surface area (Å²) >= 11 is 0. The van der Waals surface area contributed by atoms with E-state index >= 15 is 0 Å². The lowest BCUT2D eigenvalue weighted by Crippen LogP contribution is -2.36. The molecular formula is C19H19FN2O2. The van der Waals surface area contributed by atoms with Crippen molar-refractivity contribution < 1.29 is 13.9 Å². The molecule has 0 aliphatic carbocycles. The maximum atomic E-state index is 14.3. The van der Waals surface area contributed by atoms with Gasteiger partial charge in [0.1, 0.15) is 5.82 Å². The Hall–Kier alpha value is -2.53. The molecule has 24 heavy (non-hydrogen) atoms. The third kappa shape index (κ3) is 3.86. The fraction of sp³-hybridized carbons (Fsp3) is 0.263. The molecule has 4 nitrogen and oxygen atoms in total. The number of benzene rings is 2. The van der Waals surface area contributed by atoms with Gasteiger partial charge in [-0.05, 0) is 48.9 Å². The van der Waals surface area contributed by atoms with Crippen LogP contribution in [0.2, 0.25) is 0 Å². The normalized spacial score (nSPS) is 15.0. The maximum Gasteiger partial charge on any atom is 0.159 e. The molecule has 0 aromatic heterocycles. The Morgan fingerprint density at radius 3 is 2.50 bits per heavy atom. The summed E-state index contributed by atoms with van der Waals surface area (Å²) in [6.07, 6.45) is 1.62. The van der Waals surface area contributed by atoms with Crippen molar-refractivity contribution >= 4 is 23.4 Å². The Morgan fingerprint density at radius 1 is 1.17 bits per heavy atom. The van der Waals surface area contributed by atoms with Crippen molar-refractivity contribution in [1.82, 2.24) is 0 Å². The van der Waals surface area contributed by atoms with Crippen LogP contribution in [0.5, 0.6) is 0 Å². The van der Waals surface area contributed by atoms with Gasteiger partial charge in [0.25, 0.3) is 0 Å². The number of carbonyl (C=O) groups excluding carboxylic acids is 1. The van der Waals surface area contributed by atoms with E-state index in [0.717, 1.165) is 5.69 Å². The third-order valence-corrected chi connectivity index (χ3v) is 3.96. The lowest BCUT2D eigenvalue weighted by Gasteiger charge is -2.29. The smallest absolute Gasteiger partial charge is 0.159 e. The molecule has 124 valence electrons. The van der Waals surface area contributed by atoms with Crippen LogP contribution in [0.3, 0.4) is 0 Å². The number of hydrogen-bond acceptors (Lipinski definition) is 4. The molecule has 0 bridgehead atoms. The zero-order chi connectivity index (χ0) is 16.9. The van der Waals surface area contributed by atoms with E-state index in [0.29, 0.717) is 43.1 Å². The Balaban J connectivity index is 1.73. The van der Waals surface area contributed by atoms with Crippen LogP contribution < -0.4 is 4.90 Å². The van der Waals surface area contributed by atoms with E-state index < -0.39 is 0 Å². The highest BCUT2D eigenvalue weighted by atomic mass is 19.1. The summed E-state index contributed by atoms with van der Waals surface area (Å²) < 4.78 is 19.6. The number of halogens is 1. The largest absolute Gasteiger partial charge is 0.378 e. The maximum absolute atomic E-state index is 14.3. The van der Waals surface area contributed by atoms with E-state index in [1.54, 1.807) is 36.5 Å². The van der Waals surface area contributed by atoms with Crippen molar-refractivity contribution in [2.75, 3.05) is 31.2 Å². The van der Waals surface area contributed by atoms with Gasteiger partial charge >= 0.3 is 0 Å². The number of morpholine rings is 1. The van der Waals surface area contributed by atoms with Gasteiger partial charge < -0.3 is 9.64 Å². The molecule has 3 rings (SSSR count). The number of ether oxygens (including phenoxy) is 1. The van der Waals surface area contributed by atoms with E-state index in [2.05, 4.69) is 4.99 Å². The van der Waals surface area contributed by atoms with Gasteiger partial charge in [-0.15, -0.1) is 0 Å². The molecule has 0 amide bonds. The van der Waals surface area contributed by atoms with E-state index in [1.807, 2.05) is 11.0 Å². The van der Waals surface area contributed by atoms with Crippen LogP contribution >= 0.6 is 0 Å². The molecule has 1 fully saturated rings. The summed E-state index contributed by atoms with van der Waals surface area (Å²) in [5, 5.41) is 0. The zero-order valence-electron chi connectivity index (χ0n) is 13.5. The van der Waals surface area contributed by atoms with Crippen LogP contribution in [0.25, 0.3) is 0 Å². The van der Waals surface area contributed by atoms with Crippen LogP contribution in [-0.4, -0.2) is 38.3 Å². The Bertz CT molecular complexity index is 750. The third-order valence-electron chi connectivity index (χ3n) is 3.96. The van der Waals surface area contributed by atoms with Crippen molar-refractivity contribution in [1.29, 1.82) is 0 Å². The number of aliphatic imine (C=N–C) groups is 1. The SMILES string of the molecule is CC(=O)c1ccc(N=Cc2ccc(N3CCOCC3)c(F)c2)cc1. The molecule has 0 radical (unpaired) electrons. The van der Waals surface area contributed by atoms with Gasteiger partial charge in [-0.3, -0.25) is 9.79 Å². The minimum Gasteiger partial charge on any atom is -0.378 e. The van der Waals surface area contributed by atoms with Crippen molar-refractivity contribution in [3.63, 3.8) is 0 Å². The van der Waals surface area contributed by atoms with Crippen LogP contribution in [0, 0.1) is 5.82 Å². The second-order valence-corrected chi connectivity index (χ2v) is 5.67. The van der Waals surface area contributed by atoms with Crippen molar-refractivity contribution in [2.45, 2.75) is 6.92 Å². The molecule has 0 unspecified atom stereocenters. The van der Waals surface area contributed by atoms with E-state index in [9.17, 15) is 9.18 Å². The number of Topliss-reactive ketones (excluding diaryl/α,β-unsaturated/α-hetero) is 1. The van der Waals surface area contributed by atoms with Crippen LogP contribution in [0.1, 0.15) is 22.8 Å². The topological polar surface area (TPSA) is 41.9 Å². The van der Waals surface area contributed by atoms with Crippen molar-refractivity contribution in [2.24, 2.45) is 4.99 Å². The Labute approximate surface area is 140 Å². The monoisotopic (exact) mass is 326 g/mol. The van der Waals surface area contributed by atoms with Crippen LogP contribution in [0.15, 0.2) is 47.5 Å². The first kappa shape index (κ1) is 16.3. The summed E-state index contributed by atoms with van der Waals surface area (Å²) in [6, 6.07) is 12.1. The quantitative estimate of drug-likeness (QED) is 0.636.